The second kappa shape index (κ2) is 9.65. The molecule has 2 aromatic rings. The largest absolute Gasteiger partial charge is 0.467 e. The average Bonchev–Trinajstić information content (AvgIpc) is 3.47. The quantitative estimate of drug-likeness (QED) is 0.366. The van der Waals surface area contributed by atoms with Gasteiger partial charge in [0.1, 0.15) is 6.61 Å². The summed E-state index contributed by atoms with van der Waals surface area (Å²) in [5.41, 5.74) is 0.846. The van der Waals surface area contributed by atoms with Crippen molar-refractivity contribution >= 4 is 41.1 Å². The minimum absolute atomic E-state index is 0.00194. The Morgan fingerprint density at radius 1 is 1.32 bits per heavy atom. The first-order valence-electron chi connectivity index (χ1n) is 9.87. The number of nitrogens with zero attached hydrogens (tertiary/aromatic N) is 4. The lowest BCUT2D eigenvalue weighted by molar-refractivity contribution is -0.146. The zero-order valence-corrected chi connectivity index (χ0v) is 18.6. The molecular formula is C20H22N4O5S2. The number of thiophene rings is 1. The van der Waals surface area contributed by atoms with Crippen molar-refractivity contribution in [1.29, 1.82) is 0 Å². The molecular weight excluding hydrogens is 440 g/mol. The first-order valence-corrected chi connectivity index (χ1v) is 11.7. The van der Waals surface area contributed by atoms with Crippen LogP contribution in [0.15, 0.2) is 34.9 Å². The first kappa shape index (κ1) is 21.6. The van der Waals surface area contributed by atoms with E-state index < -0.39 is 18.1 Å². The molecule has 0 aliphatic carbocycles. The molecule has 11 heteroatoms. The van der Waals surface area contributed by atoms with Crippen molar-refractivity contribution in [3.8, 4) is 10.6 Å². The summed E-state index contributed by atoms with van der Waals surface area (Å²) < 4.78 is 9.82. The third-order valence-corrected chi connectivity index (χ3v) is 7.07. The molecule has 31 heavy (non-hydrogen) atoms. The highest BCUT2D eigenvalue weighted by Crippen LogP contribution is 2.26. The van der Waals surface area contributed by atoms with Crippen molar-refractivity contribution in [2.75, 3.05) is 32.6 Å². The summed E-state index contributed by atoms with van der Waals surface area (Å²) in [5.74, 6) is -0.234. The maximum absolute atomic E-state index is 12.7. The van der Waals surface area contributed by atoms with E-state index in [2.05, 4.69) is 9.97 Å². The van der Waals surface area contributed by atoms with Gasteiger partial charge in [-0.3, -0.25) is 9.69 Å². The van der Waals surface area contributed by atoms with Gasteiger partial charge < -0.3 is 14.4 Å². The highest BCUT2D eigenvalue weighted by atomic mass is 32.2. The predicted octanol–water partition coefficient (Wildman–Crippen LogP) is 2.28. The van der Waals surface area contributed by atoms with Gasteiger partial charge in [-0.25, -0.2) is 19.6 Å². The normalized spacial score (nSPS) is 19.4. The lowest BCUT2D eigenvalue weighted by Crippen LogP contribution is -2.52. The van der Waals surface area contributed by atoms with Gasteiger partial charge in [0.15, 0.2) is 11.2 Å². The maximum atomic E-state index is 12.7. The zero-order valence-electron chi connectivity index (χ0n) is 16.9. The summed E-state index contributed by atoms with van der Waals surface area (Å²) in [6.45, 7) is 1.03. The van der Waals surface area contributed by atoms with Crippen LogP contribution < -0.4 is 0 Å². The lowest BCUT2D eigenvalue weighted by Gasteiger charge is -2.37. The first-order chi connectivity index (χ1) is 15.1. The number of ether oxygens (including phenoxy) is 2. The van der Waals surface area contributed by atoms with E-state index >= 15 is 0 Å². The fraction of sp³-hybridized carbons (Fsp3) is 0.450. The van der Waals surface area contributed by atoms with Crippen molar-refractivity contribution in [3.05, 3.63) is 29.8 Å². The number of cyclic esters (lactones) is 1. The van der Waals surface area contributed by atoms with Gasteiger partial charge >= 0.3 is 12.1 Å². The van der Waals surface area contributed by atoms with Crippen LogP contribution in [0, 0.1) is 0 Å². The summed E-state index contributed by atoms with van der Waals surface area (Å²) >= 11 is 2.92. The Morgan fingerprint density at radius 2 is 2.13 bits per heavy atom. The number of esters is 1. The van der Waals surface area contributed by atoms with Crippen LogP contribution in [0.4, 0.5) is 4.79 Å². The van der Waals surface area contributed by atoms with E-state index in [0.717, 1.165) is 10.6 Å². The summed E-state index contributed by atoms with van der Waals surface area (Å²) in [6.07, 6.45) is 2.37. The molecule has 0 radical (unpaired) electrons. The molecule has 2 aromatic heterocycles. The van der Waals surface area contributed by atoms with Gasteiger partial charge in [-0.15, -0.1) is 11.3 Å². The molecule has 0 saturated carbocycles. The number of rotatable bonds is 6. The fourth-order valence-corrected chi connectivity index (χ4v) is 5.17. The average molecular weight is 463 g/mol. The third-order valence-electron chi connectivity index (χ3n) is 5.33. The number of likely N-dealkylation sites (tertiary alicyclic amines) is 1. The second-order valence-corrected chi connectivity index (χ2v) is 9.02. The van der Waals surface area contributed by atoms with Crippen LogP contribution in [0.3, 0.4) is 0 Å². The number of aromatic nitrogens is 2. The topological polar surface area (TPSA) is 102 Å². The molecule has 0 bridgehead atoms. The Hall–Kier alpha value is -2.66. The number of amides is 2. The Morgan fingerprint density at radius 3 is 2.84 bits per heavy atom. The Bertz CT molecular complexity index is 947. The predicted molar refractivity (Wildman–Crippen MR) is 115 cm³/mol. The van der Waals surface area contributed by atoms with Crippen LogP contribution in [0.1, 0.15) is 12.8 Å². The lowest BCUT2D eigenvalue weighted by atomic mass is 10.0. The zero-order chi connectivity index (χ0) is 21.8. The molecule has 2 aliphatic rings. The molecule has 1 atom stereocenters. The van der Waals surface area contributed by atoms with E-state index in [4.69, 9.17) is 9.47 Å². The highest BCUT2D eigenvalue weighted by Gasteiger charge is 2.44. The second-order valence-electron chi connectivity index (χ2n) is 7.13. The number of thioether (sulfide) groups is 1. The summed E-state index contributed by atoms with van der Waals surface area (Å²) in [6, 6.07) is 4.96. The van der Waals surface area contributed by atoms with Crippen molar-refractivity contribution in [2.45, 2.75) is 30.1 Å². The Balaban J connectivity index is 1.29. The highest BCUT2D eigenvalue weighted by molar-refractivity contribution is 7.99. The maximum Gasteiger partial charge on any atom is 0.410 e. The van der Waals surface area contributed by atoms with E-state index in [0.29, 0.717) is 31.1 Å². The number of methoxy groups -OCH3 is 1. The van der Waals surface area contributed by atoms with Gasteiger partial charge in [0.25, 0.3) is 0 Å². The van der Waals surface area contributed by atoms with Crippen LogP contribution in [-0.2, 0) is 19.1 Å². The molecule has 164 valence electrons. The molecule has 0 aromatic carbocycles. The minimum atomic E-state index is -0.715. The van der Waals surface area contributed by atoms with Gasteiger partial charge in [0.05, 0.1) is 23.4 Å². The van der Waals surface area contributed by atoms with Crippen molar-refractivity contribution in [2.24, 2.45) is 0 Å². The number of carbonyl (C=O) groups excluding carboxylic acids is 3. The molecule has 2 fully saturated rings. The van der Waals surface area contributed by atoms with E-state index in [1.165, 1.54) is 23.8 Å². The molecule has 0 unspecified atom stereocenters. The van der Waals surface area contributed by atoms with Gasteiger partial charge in [0, 0.05) is 25.3 Å². The summed E-state index contributed by atoms with van der Waals surface area (Å²) in [5, 5.41) is 2.56. The molecule has 4 rings (SSSR count). The van der Waals surface area contributed by atoms with Crippen LogP contribution in [0.25, 0.3) is 10.6 Å². The SMILES string of the molecule is COC(=O)[C@H]1COC(=O)N1C1CCN(C(=O)CSc2nccc(-c3cccs3)n2)CC1. The molecule has 2 amide bonds. The molecule has 2 aliphatic heterocycles. The molecule has 0 spiro atoms. The van der Waals surface area contributed by atoms with Gasteiger partial charge in [0.2, 0.25) is 5.91 Å². The van der Waals surface area contributed by atoms with Crippen molar-refractivity contribution in [1.82, 2.24) is 19.8 Å². The van der Waals surface area contributed by atoms with E-state index in [1.54, 1.807) is 22.4 Å². The number of hydrogen-bond donors (Lipinski definition) is 0. The standard InChI is InChI=1S/C20H22N4O5S2/c1-28-18(26)15-11-29-20(27)24(15)13-5-8-23(9-6-13)17(25)12-31-19-21-7-4-14(22-19)16-3-2-10-30-16/h2-4,7,10,13,15H,5-6,8-9,11-12H2,1H3/t15-/m1/s1. The number of carbonyl (C=O) groups is 3. The van der Waals surface area contributed by atoms with Gasteiger partial charge in [-0.1, -0.05) is 17.8 Å². The summed E-state index contributed by atoms with van der Waals surface area (Å²) in [4.78, 5) is 49.8. The molecule has 4 heterocycles. The van der Waals surface area contributed by atoms with Crippen molar-refractivity contribution < 1.29 is 23.9 Å². The number of hydrogen-bond acceptors (Lipinski definition) is 9. The van der Waals surface area contributed by atoms with Crippen LogP contribution >= 0.6 is 23.1 Å². The van der Waals surface area contributed by atoms with Gasteiger partial charge in [-0.2, -0.15) is 0 Å². The smallest absolute Gasteiger partial charge is 0.410 e. The van der Waals surface area contributed by atoms with Crippen molar-refractivity contribution in [3.63, 3.8) is 0 Å². The third kappa shape index (κ3) is 4.82. The Kier molecular flexibility index (Phi) is 6.71. The molecule has 2 saturated heterocycles. The minimum Gasteiger partial charge on any atom is -0.467 e. The molecule has 0 N–H and O–H groups in total. The van der Waals surface area contributed by atoms with Gasteiger partial charge in [-0.05, 0) is 30.4 Å². The van der Waals surface area contributed by atoms with E-state index in [9.17, 15) is 14.4 Å². The number of piperidine rings is 1. The van der Waals surface area contributed by atoms with Crippen LogP contribution in [0.5, 0.6) is 0 Å². The summed E-state index contributed by atoms with van der Waals surface area (Å²) in [7, 11) is 1.29. The molecule has 9 nitrogen and oxygen atoms in total. The monoisotopic (exact) mass is 462 g/mol. The van der Waals surface area contributed by atoms with Crippen LogP contribution in [-0.4, -0.2) is 82.4 Å². The van der Waals surface area contributed by atoms with Crippen LogP contribution in [0.2, 0.25) is 0 Å². The van der Waals surface area contributed by atoms with E-state index in [1.807, 2.05) is 23.6 Å². The fourth-order valence-electron chi connectivity index (χ4n) is 3.74. The Labute approximate surface area is 187 Å². The van der Waals surface area contributed by atoms with E-state index in [-0.39, 0.29) is 24.3 Å².